The number of hydrogen-bond donors (Lipinski definition) is 1. The summed E-state index contributed by atoms with van der Waals surface area (Å²) in [4.78, 5) is 16.7. The van der Waals surface area contributed by atoms with Gasteiger partial charge in [0.2, 0.25) is 0 Å². The average Bonchev–Trinajstić information content (AvgIpc) is 3.19. The highest BCUT2D eigenvalue weighted by Gasteiger charge is 2.43. The normalized spacial score (nSPS) is 23.8. The highest BCUT2D eigenvalue weighted by Crippen LogP contribution is 2.44. The highest BCUT2D eigenvalue weighted by molar-refractivity contribution is 5.96. The van der Waals surface area contributed by atoms with Gasteiger partial charge in [0.15, 0.2) is 0 Å². The molecule has 24 heavy (non-hydrogen) atoms. The standard InChI is InChI=1S/C19H24N4O/c24-19(22-18-10-17(18)14-6-2-1-3-7-14)16-9-5-4-8-15(16)11-23-13-20-12-21-23/h4-5,8-9,12-14,17-18H,1-3,6-7,10-11H2,(H,22,24)/t17-,18+/m0/s1. The zero-order valence-corrected chi connectivity index (χ0v) is 13.9. The van der Waals surface area contributed by atoms with Crippen LogP contribution in [-0.4, -0.2) is 26.7 Å². The van der Waals surface area contributed by atoms with E-state index in [0.29, 0.717) is 18.5 Å². The Balaban J connectivity index is 1.40. The lowest BCUT2D eigenvalue weighted by atomic mass is 9.85. The number of benzene rings is 1. The Labute approximate surface area is 142 Å². The van der Waals surface area contributed by atoms with Crippen molar-refractivity contribution in [3.63, 3.8) is 0 Å². The number of carbonyl (C=O) groups excluding carboxylic acids is 1. The zero-order chi connectivity index (χ0) is 16.4. The minimum absolute atomic E-state index is 0.0500. The number of aromatic nitrogens is 3. The van der Waals surface area contributed by atoms with Gasteiger partial charge in [-0.05, 0) is 29.9 Å². The Bertz CT molecular complexity index is 691. The molecule has 126 valence electrons. The minimum atomic E-state index is 0.0500. The molecule has 5 heteroatoms. The molecule has 2 saturated carbocycles. The Morgan fingerprint density at radius 2 is 2.04 bits per heavy atom. The van der Waals surface area contributed by atoms with E-state index >= 15 is 0 Å². The Morgan fingerprint density at radius 1 is 1.21 bits per heavy atom. The fourth-order valence-corrected chi connectivity index (χ4v) is 4.08. The van der Waals surface area contributed by atoms with E-state index in [1.807, 2.05) is 24.3 Å². The van der Waals surface area contributed by atoms with Gasteiger partial charge in [-0.1, -0.05) is 50.3 Å². The summed E-state index contributed by atoms with van der Waals surface area (Å²) >= 11 is 0. The molecule has 1 amide bonds. The second-order valence-electron chi connectivity index (χ2n) is 7.13. The van der Waals surface area contributed by atoms with Crippen LogP contribution in [0.5, 0.6) is 0 Å². The molecule has 1 aromatic carbocycles. The van der Waals surface area contributed by atoms with Crippen molar-refractivity contribution in [1.29, 1.82) is 0 Å². The molecule has 0 unspecified atom stereocenters. The van der Waals surface area contributed by atoms with E-state index in [1.54, 1.807) is 11.0 Å². The highest BCUT2D eigenvalue weighted by atomic mass is 16.1. The van der Waals surface area contributed by atoms with E-state index in [-0.39, 0.29) is 5.91 Å². The summed E-state index contributed by atoms with van der Waals surface area (Å²) in [5.74, 6) is 1.58. The fourth-order valence-electron chi connectivity index (χ4n) is 4.08. The molecule has 2 aliphatic rings. The summed E-state index contributed by atoms with van der Waals surface area (Å²) in [7, 11) is 0. The third-order valence-electron chi connectivity index (χ3n) is 5.47. The lowest BCUT2D eigenvalue weighted by molar-refractivity contribution is 0.0945. The minimum Gasteiger partial charge on any atom is -0.349 e. The van der Waals surface area contributed by atoms with Gasteiger partial charge in [-0.25, -0.2) is 9.67 Å². The topological polar surface area (TPSA) is 59.8 Å². The van der Waals surface area contributed by atoms with Gasteiger partial charge in [0.05, 0.1) is 6.54 Å². The molecule has 1 N–H and O–H groups in total. The SMILES string of the molecule is O=C(N[C@@H]1C[C@H]1C1CCCCC1)c1ccccc1Cn1cncn1. The molecule has 0 saturated heterocycles. The Morgan fingerprint density at radius 3 is 2.83 bits per heavy atom. The van der Waals surface area contributed by atoms with Crippen LogP contribution >= 0.6 is 0 Å². The van der Waals surface area contributed by atoms with Crippen LogP contribution in [0.4, 0.5) is 0 Å². The first kappa shape index (κ1) is 15.4. The van der Waals surface area contributed by atoms with Crippen LogP contribution in [0.25, 0.3) is 0 Å². The molecule has 1 heterocycles. The molecule has 0 radical (unpaired) electrons. The number of carbonyl (C=O) groups is 1. The first-order valence-corrected chi connectivity index (χ1v) is 9.02. The second kappa shape index (κ2) is 6.75. The molecule has 1 aromatic heterocycles. The van der Waals surface area contributed by atoms with Crippen molar-refractivity contribution >= 4 is 5.91 Å². The van der Waals surface area contributed by atoms with Crippen LogP contribution in [0.2, 0.25) is 0 Å². The molecule has 5 nitrogen and oxygen atoms in total. The summed E-state index contributed by atoms with van der Waals surface area (Å²) in [6.07, 6.45) is 11.2. The largest absolute Gasteiger partial charge is 0.349 e. The summed E-state index contributed by atoms with van der Waals surface area (Å²) in [6, 6.07) is 8.15. The van der Waals surface area contributed by atoms with Gasteiger partial charge in [0, 0.05) is 11.6 Å². The van der Waals surface area contributed by atoms with Gasteiger partial charge in [0.25, 0.3) is 5.91 Å². The molecule has 2 aromatic rings. The maximum Gasteiger partial charge on any atom is 0.251 e. The van der Waals surface area contributed by atoms with Gasteiger partial charge < -0.3 is 5.32 Å². The molecule has 2 atom stereocenters. The predicted molar refractivity (Wildman–Crippen MR) is 91.5 cm³/mol. The molecule has 4 rings (SSSR count). The van der Waals surface area contributed by atoms with Crippen LogP contribution in [0, 0.1) is 11.8 Å². The smallest absolute Gasteiger partial charge is 0.251 e. The lowest BCUT2D eigenvalue weighted by Crippen LogP contribution is -2.29. The van der Waals surface area contributed by atoms with Gasteiger partial charge in [-0.15, -0.1) is 0 Å². The monoisotopic (exact) mass is 324 g/mol. The third kappa shape index (κ3) is 3.35. The van der Waals surface area contributed by atoms with Gasteiger partial charge in [0.1, 0.15) is 12.7 Å². The summed E-state index contributed by atoms with van der Waals surface area (Å²) < 4.78 is 1.74. The third-order valence-corrected chi connectivity index (χ3v) is 5.47. The number of hydrogen-bond acceptors (Lipinski definition) is 3. The zero-order valence-electron chi connectivity index (χ0n) is 13.9. The first-order chi connectivity index (χ1) is 11.8. The maximum absolute atomic E-state index is 12.7. The number of amides is 1. The summed E-state index contributed by atoms with van der Waals surface area (Å²) in [6.45, 7) is 0.570. The van der Waals surface area contributed by atoms with E-state index in [4.69, 9.17) is 0 Å². The quantitative estimate of drug-likeness (QED) is 0.919. The van der Waals surface area contributed by atoms with E-state index in [9.17, 15) is 4.79 Å². The van der Waals surface area contributed by atoms with E-state index < -0.39 is 0 Å². The second-order valence-corrected chi connectivity index (χ2v) is 7.13. The van der Waals surface area contributed by atoms with Crippen molar-refractivity contribution in [1.82, 2.24) is 20.1 Å². The lowest BCUT2D eigenvalue weighted by Gasteiger charge is -2.21. The van der Waals surface area contributed by atoms with E-state index in [1.165, 1.54) is 38.4 Å². The van der Waals surface area contributed by atoms with Crippen molar-refractivity contribution in [2.75, 3.05) is 0 Å². The first-order valence-electron chi connectivity index (χ1n) is 9.02. The number of nitrogens with one attached hydrogen (secondary N) is 1. The van der Waals surface area contributed by atoms with Crippen molar-refractivity contribution in [2.45, 2.75) is 51.1 Å². The molecule has 0 bridgehead atoms. The Hall–Kier alpha value is -2.17. The molecular weight excluding hydrogens is 300 g/mol. The van der Waals surface area contributed by atoms with E-state index in [0.717, 1.165) is 23.5 Å². The van der Waals surface area contributed by atoms with Crippen molar-refractivity contribution < 1.29 is 4.79 Å². The number of nitrogens with zero attached hydrogens (tertiary/aromatic N) is 3. The van der Waals surface area contributed by atoms with Crippen LogP contribution in [0.3, 0.4) is 0 Å². The number of rotatable bonds is 5. The molecular formula is C19H24N4O. The molecule has 2 aliphatic carbocycles. The molecule has 0 aliphatic heterocycles. The Kier molecular flexibility index (Phi) is 4.32. The maximum atomic E-state index is 12.7. The van der Waals surface area contributed by atoms with Crippen LogP contribution in [0.15, 0.2) is 36.9 Å². The summed E-state index contributed by atoms with van der Waals surface area (Å²) in [5, 5.41) is 7.39. The van der Waals surface area contributed by atoms with Crippen molar-refractivity contribution in [3.05, 3.63) is 48.0 Å². The van der Waals surface area contributed by atoms with Gasteiger partial charge in [-0.3, -0.25) is 4.79 Å². The molecule has 0 spiro atoms. The van der Waals surface area contributed by atoms with Crippen LogP contribution in [0.1, 0.15) is 54.4 Å². The van der Waals surface area contributed by atoms with Gasteiger partial charge in [-0.2, -0.15) is 5.10 Å². The van der Waals surface area contributed by atoms with Crippen LogP contribution < -0.4 is 5.32 Å². The summed E-state index contributed by atoms with van der Waals surface area (Å²) in [5.41, 5.74) is 1.73. The fraction of sp³-hybridized carbons (Fsp3) is 0.526. The average molecular weight is 324 g/mol. The predicted octanol–water partition coefficient (Wildman–Crippen LogP) is 3.03. The van der Waals surface area contributed by atoms with Crippen molar-refractivity contribution in [3.8, 4) is 0 Å². The molecule has 2 fully saturated rings. The van der Waals surface area contributed by atoms with E-state index in [2.05, 4.69) is 15.4 Å². The van der Waals surface area contributed by atoms with Gasteiger partial charge >= 0.3 is 0 Å². The van der Waals surface area contributed by atoms with Crippen molar-refractivity contribution in [2.24, 2.45) is 11.8 Å². The van der Waals surface area contributed by atoms with Crippen LogP contribution in [-0.2, 0) is 6.54 Å².